The summed E-state index contributed by atoms with van der Waals surface area (Å²) in [5.74, 6) is -1.03. The summed E-state index contributed by atoms with van der Waals surface area (Å²) in [6, 6.07) is 2.38. The monoisotopic (exact) mass is 367 g/mol. The van der Waals surface area contributed by atoms with Crippen LogP contribution in [0.4, 0.5) is 31.3 Å². The van der Waals surface area contributed by atoms with Crippen molar-refractivity contribution in [2.45, 2.75) is 26.2 Å². The average Bonchev–Trinajstić information content (AvgIpc) is 2.74. The van der Waals surface area contributed by atoms with E-state index in [0.717, 1.165) is 10.4 Å². The first kappa shape index (κ1) is 18.3. The highest BCUT2D eigenvalue weighted by Crippen LogP contribution is 2.36. The standard InChI is InChI=1S/C15H11F6NOS/c1-7-3-12(24-8(7)2)22-13(23)9-4-10(14(16,17)18)6-11(5-9)15(19,20)21/h3-6H,1-2H3,(H,22,23). The van der Waals surface area contributed by atoms with Crippen molar-refractivity contribution < 1.29 is 31.1 Å². The Kier molecular flexibility index (Phi) is 4.67. The quantitative estimate of drug-likeness (QED) is 0.683. The molecule has 1 amide bonds. The highest BCUT2D eigenvalue weighted by atomic mass is 32.1. The van der Waals surface area contributed by atoms with Gasteiger partial charge in [0, 0.05) is 10.4 Å². The van der Waals surface area contributed by atoms with Crippen LogP contribution in [0.1, 0.15) is 31.9 Å². The van der Waals surface area contributed by atoms with E-state index in [1.807, 2.05) is 0 Å². The maximum atomic E-state index is 12.8. The van der Waals surface area contributed by atoms with Gasteiger partial charge in [-0.05, 0) is 43.7 Å². The van der Waals surface area contributed by atoms with Gasteiger partial charge in [-0.25, -0.2) is 0 Å². The Balaban J connectivity index is 2.42. The van der Waals surface area contributed by atoms with Crippen molar-refractivity contribution in [3.05, 3.63) is 51.4 Å². The van der Waals surface area contributed by atoms with Gasteiger partial charge in [-0.1, -0.05) is 0 Å². The number of aryl methyl sites for hydroxylation is 2. The number of anilines is 1. The van der Waals surface area contributed by atoms with Gasteiger partial charge >= 0.3 is 12.4 Å². The topological polar surface area (TPSA) is 29.1 Å². The van der Waals surface area contributed by atoms with E-state index in [4.69, 9.17) is 0 Å². The minimum absolute atomic E-state index is 0.0176. The van der Waals surface area contributed by atoms with Crippen LogP contribution in [0.2, 0.25) is 0 Å². The lowest BCUT2D eigenvalue weighted by atomic mass is 10.0. The van der Waals surface area contributed by atoms with Gasteiger partial charge in [-0.3, -0.25) is 4.79 Å². The van der Waals surface area contributed by atoms with Crippen molar-refractivity contribution in [2.75, 3.05) is 5.32 Å². The van der Waals surface area contributed by atoms with E-state index in [0.29, 0.717) is 17.1 Å². The molecule has 0 fully saturated rings. The Labute approximate surface area is 137 Å². The van der Waals surface area contributed by atoms with Crippen molar-refractivity contribution in [3.8, 4) is 0 Å². The molecule has 0 saturated carbocycles. The number of amides is 1. The molecule has 1 aromatic carbocycles. The zero-order chi connectivity index (χ0) is 18.3. The van der Waals surface area contributed by atoms with E-state index in [-0.39, 0.29) is 6.07 Å². The molecule has 1 heterocycles. The number of carbonyl (C=O) groups excluding carboxylic acids is 1. The Morgan fingerprint density at radius 2 is 1.42 bits per heavy atom. The predicted molar refractivity (Wildman–Crippen MR) is 78.2 cm³/mol. The Bertz CT molecular complexity index is 723. The molecule has 0 aliphatic rings. The van der Waals surface area contributed by atoms with Crippen molar-refractivity contribution >= 4 is 22.2 Å². The molecule has 24 heavy (non-hydrogen) atoms. The molecular weight excluding hydrogens is 356 g/mol. The third-order valence-corrected chi connectivity index (χ3v) is 4.32. The molecule has 0 aliphatic heterocycles. The fourth-order valence-corrected chi connectivity index (χ4v) is 2.83. The highest BCUT2D eigenvalue weighted by molar-refractivity contribution is 7.16. The summed E-state index contributed by atoms with van der Waals surface area (Å²) in [6.07, 6.45) is -9.99. The zero-order valence-corrected chi connectivity index (χ0v) is 13.2. The summed E-state index contributed by atoms with van der Waals surface area (Å²) in [5.41, 5.74) is -2.90. The lowest BCUT2D eigenvalue weighted by Gasteiger charge is -2.13. The van der Waals surface area contributed by atoms with Crippen molar-refractivity contribution in [1.82, 2.24) is 0 Å². The lowest BCUT2D eigenvalue weighted by Crippen LogP contribution is -2.16. The first-order valence-electron chi connectivity index (χ1n) is 6.56. The van der Waals surface area contributed by atoms with E-state index >= 15 is 0 Å². The van der Waals surface area contributed by atoms with Crippen LogP contribution >= 0.6 is 11.3 Å². The molecular formula is C15H11F6NOS. The number of rotatable bonds is 2. The van der Waals surface area contributed by atoms with Gasteiger partial charge in [-0.15, -0.1) is 11.3 Å². The molecule has 0 unspecified atom stereocenters. The molecule has 1 N–H and O–H groups in total. The molecule has 130 valence electrons. The fourth-order valence-electron chi connectivity index (χ4n) is 1.90. The second-order valence-corrected chi connectivity index (χ2v) is 6.35. The van der Waals surface area contributed by atoms with E-state index < -0.39 is 35.0 Å². The van der Waals surface area contributed by atoms with E-state index in [2.05, 4.69) is 5.32 Å². The Morgan fingerprint density at radius 1 is 0.917 bits per heavy atom. The highest BCUT2D eigenvalue weighted by Gasteiger charge is 2.37. The second kappa shape index (κ2) is 6.12. The number of hydrogen-bond acceptors (Lipinski definition) is 2. The van der Waals surface area contributed by atoms with Crippen molar-refractivity contribution in [3.63, 3.8) is 0 Å². The molecule has 1 aromatic heterocycles. The van der Waals surface area contributed by atoms with Gasteiger partial charge in [0.05, 0.1) is 16.1 Å². The molecule has 2 rings (SSSR count). The maximum Gasteiger partial charge on any atom is 0.416 e. The van der Waals surface area contributed by atoms with Crippen molar-refractivity contribution in [2.24, 2.45) is 0 Å². The first-order valence-corrected chi connectivity index (χ1v) is 7.37. The summed E-state index contributed by atoms with van der Waals surface area (Å²) in [5, 5.41) is 2.67. The molecule has 2 nitrogen and oxygen atoms in total. The van der Waals surface area contributed by atoms with Gasteiger partial charge in [0.1, 0.15) is 0 Å². The molecule has 9 heteroatoms. The number of alkyl halides is 6. The molecule has 0 spiro atoms. The van der Waals surface area contributed by atoms with E-state index in [9.17, 15) is 31.1 Å². The van der Waals surface area contributed by atoms with Gasteiger partial charge in [0.2, 0.25) is 0 Å². The number of thiophene rings is 1. The Morgan fingerprint density at radius 3 is 1.79 bits per heavy atom. The molecule has 2 aromatic rings. The van der Waals surface area contributed by atoms with Gasteiger partial charge in [-0.2, -0.15) is 26.3 Å². The van der Waals surface area contributed by atoms with Gasteiger partial charge in [0.25, 0.3) is 5.91 Å². The molecule has 0 bridgehead atoms. The van der Waals surface area contributed by atoms with Crippen LogP contribution in [0.25, 0.3) is 0 Å². The average molecular weight is 367 g/mol. The van der Waals surface area contributed by atoms with Crippen LogP contribution in [-0.4, -0.2) is 5.91 Å². The maximum absolute atomic E-state index is 12.8. The van der Waals surface area contributed by atoms with Crippen LogP contribution in [0.15, 0.2) is 24.3 Å². The number of nitrogens with one attached hydrogen (secondary N) is 1. The summed E-state index contributed by atoms with van der Waals surface area (Å²) >= 11 is 1.18. The zero-order valence-electron chi connectivity index (χ0n) is 12.4. The molecule has 0 aliphatic carbocycles. The number of halogens is 6. The summed E-state index contributed by atoms with van der Waals surface area (Å²) in [7, 11) is 0. The number of carbonyl (C=O) groups is 1. The first-order chi connectivity index (χ1) is 10.9. The third-order valence-electron chi connectivity index (χ3n) is 3.25. The molecule has 0 saturated heterocycles. The van der Waals surface area contributed by atoms with Crippen LogP contribution in [0.3, 0.4) is 0 Å². The van der Waals surface area contributed by atoms with Crippen LogP contribution in [0, 0.1) is 13.8 Å². The van der Waals surface area contributed by atoms with E-state index in [1.165, 1.54) is 11.3 Å². The lowest BCUT2D eigenvalue weighted by molar-refractivity contribution is -0.143. The second-order valence-electron chi connectivity index (χ2n) is 5.10. The van der Waals surface area contributed by atoms with Crippen LogP contribution < -0.4 is 5.32 Å². The smallest absolute Gasteiger partial charge is 0.314 e. The summed E-state index contributed by atoms with van der Waals surface area (Å²) < 4.78 is 76.7. The van der Waals surface area contributed by atoms with Gasteiger partial charge in [0.15, 0.2) is 0 Å². The number of hydrogen-bond donors (Lipinski definition) is 1. The minimum atomic E-state index is -4.99. The number of benzene rings is 1. The molecule has 0 atom stereocenters. The molecule has 0 radical (unpaired) electrons. The SMILES string of the molecule is Cc1cc(NC(=O)c2cc(C(F)(F)F)cc(C(F)(F)F)c2)sc1C. The van der Waals surface area contributed by atoms with Crippen LogP contribution in [-0.2, 0) is 12.4 Å². The summed E-state index contributed by atoms with van der Waals surface area (Å²) in [4.78, 5) is 12.9. The third kappa shape index (κ3) is 4.08. The van der Waals surface area contributed by atoms with Gasteiger partial charge < -0.3 is 5.32 Å². The van der Waals surface area contributed by atoms with Crippen molar-refractivity contribution in [1.29, 1.82) is 0 Å². The predicted octanol–water partition coefficient (Wildman–Crippen LogP) is 5.65. The van der Waals surface area contributed by atoms with E-state index in [1.54, 1.807) is 19.9 Å². The Hall–Kier alpha value is -2.03. The largest absolute Gasteiger partial charge is 0.416 e. The van der Waals surface area contributed by atoms with Crippen LogP contribution in [0.5, 0.6) is 0 Å². The normalized spacial score (nSPS) is 12.3. The summed E-state index contributed by atoms with van der Waals surface area (Å²) in [6.45, 7) is 3.55. The fraction of sp³-hybridized carbons (Fsp3) is 0.267. The minimum Gasteiger partial charge on any atom is -0.314 e.